The smallest absolute Gasteiger partial charge is 0.543 e. The van der Waals surface area contributed by atoms with E-state index >= 15 is 0 Å². The molecule has 0 bridgehead atoms. The summed E-state index contributed by atoms with van der Waals surface area (Å²) in [6, 6.07) is -0.335. The second kappa shape index (κ2) is 7.19. The fourth-order valence-electron chi connectivity index (χ4n) is 2.83. The van der Waals surface area contributed by atoms with Crippen molar-refractivity contribution in [2.24, 2.45) is 11.8 Å². The van der Waals surface area contributed by atoms with Gasteiger partial charge >= 0.3 is 29.6 Å². The molecule has 0 saturated carbocycles. The fraction of sp³-hybridized carbons (Fsp3) is 0.615. The molecule has 9 heteroatoms. The third-order valence-electron chi connectivity index (χ3n) is 3.86. The van der Waals surface area contributed by atoms with Gasteiger partial charge in [0.25, 0.3) is 0 Å². The minimum Gasteiger partial charge on any atom is -0.543 e. The van der Waals surface area contributed by atoms with E-state index in [1.807, 2.05) is 6.92 Å². The summed E-state index contributed by atoms with van der Waals surface area (Å²) in [7, 11) is 3.54. The van der Waals surface area contributed by atoms with Crippen LogP contribution in [-0.4, -0.2) is 57.3 Å². The van der Waals surface area contributed by atoms with Crippen molar-refractivity contribution in [1.29, 1.82) is 0 Å². The van der Waals surface area contributed by atoms with E-state index in [2.05, 4.69) is 0 Å². The van der Waals surface area contributed by atoms with Crippen molar-refractivity contribution in [1.82, 2.24) is 9.80 Å². The number of carbonyl (C=O) groups excluding carboxylic acids is 2. The van der Waals surface area contributed by atoms with E-state index in [0.717, 1.165) is 11.8 Å². The molecule has 2 aliphatic rings. The van der Waals surface area contributed by atoms with Crippen molar-refractivity contribution < 1.29 is 49.4 Å². The van der Waals surface area contributed by atoms with Gasteiger partial charge in [-0.2, -0.15) is 0 Å². The van der Waals surface area contributed by atoms with Crippen LogP contribution in [0.25, 0.3) is 0 Å². The van der Waals surface area contributed by atoms with Crippen molar-refractivity contribution >= 4 is 40.2 Å². The summed E-state index contributed by atoms with van der Waals surface area (Å²) >= 11 is 6.37. The number of rotatable bonds is 3. The van der Waals surface area contributed by atoms with E-state index in [1.165, 1.54) is 4.90 Å². The average Bonchev–Trinajstić information content (AvgIpc) is 2.59. The summed E-state index contributed by atoms with van der Waals surface area (Å²) in [6.45, 7) is 3.39. The van der Waals surface area contributed by atoms with E-state index in [0.29, 0.717) is 9.23 Å². The number of amides is 1. The monoisotopic (exact) mass is 352 g/mol. The van der Waals surface area contributed by atoms with E-state index < -0.39 is 18.0 Å². The van der Waals surface area contributed by atoms with Crippen LogP contribution in [0.1, 0.15) is 13.8 Å². The Morgan fingerprint density at radius 1 is 1.50 bits per heavy atom. The number of aliphatic hydroxyl groups excluding tert-OH is 1. The number of carbonyl (C=O) groups is 2. The Hall–Kier alpha value is -0.120. The molecule has 0 spiro atoms. The zero-order valence-electron chi connectivity index (χ0n) is 13.2. The fourth-order valence-corrected chi connectivity index (χ4v) is 4.08. The van der Waals surface area contributed by atoms with E-state index in [1.54, 1.807) is 25.9 Å². The average molecular weight is 352 g/mol. The maximum Gasteiger partial charge on any atom is 1.00 e. The number of hydrogen-bond donors (Lipinski definition) is 1. The zero-order valence-corrected chi connectivity index (χ0v) is 16.8. The number of thioether (sulfide) groups is 1. The first-order chi connectivity index (χ1) is 9.68. The van der Waals surface area contributed by atoms with Crippen LogP contribution in [0.3, 0.4) is 0 Å². The first-order valence-corrected chi connectivity index (χ1v) is 7.76. The van der Waals surface area contributed by atoms with Crippen molar-refractivity contribution in [3.8, 4) is 0 Å². The molecule has 1 fully saturated rings. The van der Waals surface area contributed by atoms with Crippen molar-refractivity contribution in [3.05, 3.63) is 10.6 Å². The predicted molar refractivity (Wildman–Crippen MR) is 80.9 cm³/mol. The Morgan fingerprint density at radius 3 is 2.45 bits per heavy atom. The normalized spacial score (nSPS) is 27.8. The SMILES string of the molecule is C[C@@H](O)[C@H]1C(=O)N2C(C(=O)[O-])=C(SC(=S)N(C)C)[C@H](C)[C@H]12.[Na+]. The summed E-state index contributed by atoms with van der Waals surface area (Å²) in [4.78, 5) is 27.0. The summed E-state index contributed by atoms with van der Waals surface area (Å²) in [5.41, 5.74) is -0.108. The van der Waals surface area contributed by atoms with Crippen LogP contribution in [0, 0.1) is 11.8 Å². The molecule has 1 N–H and O–H groups in total. The van der Waals surface area contributed by atoms with Gasteiger partial charge in [0, 0.05) is 24.9 Å². The molecule has 1 saturated heterocycles. The molecular formula is C13H17N2NaO4S2. The Bertz CT molecular complexity index is 550. The second-order valence-electron chi connectivity index (χ2n) is 5.52. The van der Waals surface area contributed by atoms with Gasteiger partial charge in [-0.1, -0.05) is 30.9 Å². The summed E-state index contributed by atoms with van der Waals surface area (Å²) in [6.07, 6.45) is -0.811. The number of aliphatic hydroxyl groups is 1. The molecule has 0 aromatic carbocycles. The number of aliphatic carboxylic acids is 1. The Labute approximate surface area is 161 Å². The van der Waals surface area contributed by atoms with E-state index in [9.17, 15) is 19.8 Å². The minimum absolute atomic E-state index is 0. The van der Waals surface area contributed by atoms with E-state index in [-0.39, 0.29) is 53.1 Å². The minimum atomic E-state index is -1.38. The van der Waals surface area contributed by atoms with Crippen molar-refractivity contribution in [2.75, 3.05) is 14.1 Å². The number of hydrogen-bond acceptors (Lipinski definition) is 6. The maximum atomic E-state index is 12.1. The third-order valence-corrected chi connectivity index (χ3v) is 5.80. The van der Waals surface area contributed by atoms with Gasteiger partial charge < -0.3 is 24.8 Å². The summed E-state index contributed by atoms with van der Waals surface area (Å²) in [5, 5.41) is 21.1. The molecule has 0 aromatic heterocycles. The molecule has 0 radical (unpaired) electrons. The number of carboxylic acids is 1. The van der Waals surface area contributed by atoms with E-state index in [4.69, 9.17) is 12.2 Å². The first kappa shape index (κ1) is 19.9. The van der Waals surface area contributed by atoms with Crippen LogP contribution >= 0.6 is 24.0 Å². The quantitative estimate of drug-likeness (QED) is 0.319. The summed E-state index contributed by atoms with van der Waals surface area (Å²) in [5.74, 6) is -2.52. The second-order valence-corrected chi connectivity index (χ2v) is 7.19. The number of thiocarbonyl (C=S) groups is 1. The first-order valence-electron chi connectivity index (χ1n) is 6.54. The van der Waals surface area contributed by atoms with Gasteiger partial charge in [-0.15, -0.1) is 0 Å². The molecule has 2 heterocycles. The standard InChI is InChI=1S/C13H18N2O4S2.Na/c1-5-8-7(6(2)16)11(17)15(8)9(12(18)19)10(5)21-13(20)14(3)4;/h5-8,16H,1-4H3,(H,18,19);/q;+1/p-1/t5-,6-,7-,8-;/m1./s1. The van der Waals surface area contributed by atoms with Gasteiger partial charge in [0.05, 0.1) is 29.7 Å². The van der Waals surface area contributed by atoms with Crippen LogP contribution in [0.2, 0.25) is 0 Å². The molecular weight excluding hydrogens is 335 g/mol. The van der Waals surface area contributed by atoms with Gasteiger partial charge in [-0.3, -0.25) is 4.79 Å². The molecule has 0 aliphatic carbocycles. The van der Waals surface area contributed by atoms with Gasteiger partial charge in [-0.25, -0.2) is 0 Å². The molecule has 2 rings (SSSR count). The number of fused-ring (bicyclic) bond motifs is 1. The molecule has 4 atom stereocenters. The van der Waals surface area contributed by atoms with Crippen LogP contribution in [-0.2, 0) is 9.59 Å². The van der Waals surface area contributed by atoms with Crippen LogP contribution in [0.15, 0.2) is 10.6 Å². The summed E-state index contributed by atoms with van der Waals surface area (Å²) < 4.78 is 0.513. The maximum absolute atomic E-state index is 12.1. The third kappa shape index (κ3) is 3.09. The zero-order chi connectivity index (χ0) is 16.1. The van der Waals surface area contributed by atoms with Crippen LogP contribution in [0.4, 0.5) is 0 Å². The molecule has 0 aromatic rings. The molecule has 1 amide bonds. The Kier molecular flexibility index (Phi) is 6.51. The van der Waals surface area contributed by atoms with Crippen molar-refractivity contribution in [2.45, 2.75) is 26.0 Å². The number of β-lactam (4-membered cyclic amide) rings is 1. The molecule has 22 heavy (non-hydrogen) atoms. The van der Waals surface area contributed by atoms with Gasteiger partial charge in [0.1, 0.15) is 4.32 Å². The molecule has 2 aliphatic heterocycles. The topological polar surface area (TPSA) is 83.9 Å². The molecule has 116 valence electrons. The van der Waals surface area contributed by atoms with Gasteiger partial charge in [0.15, 0.2) is 0 Å². The largest absolute Gasteiger partial charge is 1.00 e. The van der Waals surface area contributed by atoms with Crippen molar-refractivity contribution in [3.63, 3.8) is 0 Å². The predicted octanol–water partition coefficient (Wildman–Crippen LogP) is -3.61. The van der Waals surface area contributed by atoms with Gasteiger partial charge in [0.2, 0.25) is 5.91 Å². The molecule has 6 nitrogen and oxygen atoms in total. The van der Waals surface area contributed by atoms with Gasteiger partial charge in [-0.05, 0) is 6.92 Å². The Balaban J connectivity index is 0.00000242. The Morgan fingerprint density at radius 2 is 2.05 bits per heavy atom. The number of carboxylic acid groups (broad SMARTS) is 1. The molecule has 0 unspecified atom stereocenters. The van der Waals surface area contributed by atoms with Crippen LogP contribution < -0.4 is 34.7 Å². The van der Waals surface area contributed by atoms with Crippen LogP contribution in [0.5, 0.6) is 0 Å². The number of nitrogens with zero attached hydrogens (tertiary/aromatic N) is 2.